The molecule has 3 aliphatic rings. The molecule has 0 amide bonds. The fourth-order valence-corrected chi connectivity index (χ4v) is 17.9. The third kappa shape index (κ3) is 4.83. The summed E-state index contributed by atoms with van der Waals surface area (Å²) in [5.74, 6) is 2.09. The monoisotopic (exact) mass is 514 g/mol. The molecule has 1 saturated heterocycles. The van der Waals surface area contributed by atoms with Crippen LogP contribution < -0.4 is 0 Å². The molecule has 2 atom stereocenters. The first-order chi connectivity index (χ1) is 13.4. The lowest BCUT2D eigenvalue weighted by atomic mass is 10.2. The summed E-state index contributed by atoms with van der Waals surface area (Å²) >= 11 is 4.02. The van der Waals surface area contributed by atoms with E-state index >= 15 is 0 Å². The third-order valence-electron chi connectivity index (χ3n) is 5.99. The molecule has 0 spiro atoms. The van der Waals surface area contributed by atoms with Gasteiger partial charge >= 0.3 is 10.2 Å². The van der Waals surface area contributed by atoms with Crippen LogP contribution in [0.15, 0.2) is 21.9 Å². The fraction of sp³-hybridized carbons (Fsp3) is 0.727. The molecule has 1 fully saturated rings. The highest BCUT2D eigenvalue weighted by atomic mass is 32.2. The summed E-state index contributed by atoms with van der Waals surface area (Å²) in [7, 11) is -5.97. The van der Waals surface area contributed by atoms with E-state index in [1.165, 1.54) is 21.0 Å². The zero-order valence-corrected chi connectivity index (χ0v) is 26.8. The first-order valence-electron chi connectivity index (χ1n) is 11.2. The maximum atomic E-state index is 6.80. The van der Waals surface area contributed by atoms with Crippen LogP contribution in [0.3, 0.4) is 0 Å². The van der Waals surface area contributed by atoms with Gasteiger partial charge in [-0.05, 0) is 23.5 Å². The Labute approximate surface area is 197 Å². The summed E-state index contributed by atoms with van der Waals surface area (Å²) in [5, 5.41) is 5.36. The van der Waals surface area contributed by atoms with E-state index in [0.29, 0.717) is 11.1 Å². The second-order valence-corrected chi connectivity index (χ2v) is 35.7. The molecule has 0 aliphatic carbocycles. The maximum Gasteiger partial charge on any atom is 0.367 e. The average molecular weight is 515 g/mol. The molecule has 2 nitrogen and oxygen atoms in total. The van der Waals surface area contributed by atoms with Gasteiger partial charge < -0.3 is 0 Å². The van der Waals surface area contributed by atoms with Crippen LogP contribution in [0.25, 0.3) is 0 Å². The lowest BCUT2D eigenvalue weighted by Crippen LogP contribution is -2.37. The van der Waals surface area contributed by atoms with Crippen LogP contribution >= 0.6 is 23.5 Å². The van der Waals surface area contributed by atoms with Crippen LogP contribution in [0.2, 0.25) is 89.6 Å². The van der Waals surface area contributed by atoms with Gasteiger partial charge in [0, 0.05) is 22.7 Å². The Morgan fingerprint density at radius 1 is 0.567 bits per heavy atom. The number of fused-ring (bicyclic) bond motifs is 4. The van der Waals surface area contributed by atoms with E-state index in [9.17, 15) is 0 Å². The quantitative estimate of drug-likeness (QED) is 0.290. The topological polar surface area (TPSA) is 22.6 Å². The molecule has 0 radical (unpaired) electrons. The van der Waals surface area contributed by atoms with Crippen LogP contribution in [0, 0.1) is 0 Å². The van der Waals surface area contributed by atoms with Gasteiger partial charge in [-0.25, -0.2) is 8.85 Å². The Kier molecular flexibility index (Phi) is 6.68. The van der Waals surface area contributed by atoms with Crippen molar-refractivity contribution in [3.63, 3.8) is 0 Å². The molecule has 3 heterocycles. The van der Waals surface area contributed by atoms with Crippen molar-refractivity contribution in [2.75, 3.05) is 11.5 Å². The summed E-state index contributed by atoms with van der Waals surface area (Å²) in [4.78, 5) is 0. The van der Waals surface area contributed by atoms with Gasteiger partial charge in [0.2, 0.25) is 16.1 Å². The Balaban J connectivity index is 2.16. The summed E-state index contributed by atoms with van der Waals surface area (Å²) in [6, 6.07) is 0. The van der Waals surface area contributed by atoms with Crippen molar-refractivity contribution in [1.82, 2.24) is 0 Å². The number of hydrogen-bond donors (Lipinski definition) is 0. The molecule has 0 N–H and O–H groups in total. The van der Waals surface area contributed by atoms with Gasteiger partial charge in [-0.2, -0.15) is 0 Å². The normalized spacial score (nSPS) is 26.3. The fourth-order valence-electron chi connectivity index (χ4n) is 4.84. The molecule has 3 rings (SSSR count). The number of hydrogen-bond acceptors (Lipinski definition) is 2. The van der Waals surface area contributed by atoms with E-state index in [1.807, 2.05) is 23.5 Å². The lowest BCUT2D eigenvalue weighted by Gasteiger charge is -2.27. The van der Waals surface area contributed by atoms with E-state index in [-0.39, 0.29) is 0 Å². The third-order valence-corrected chi connectivity index (χ3v) is 16.8. The second-order valence-electron chi connectivity index (χ2n) is 13.2. The highest BCUT2D eigenvalue weighted by Crippen LogP contribution is 2.50. The smallest absolute Gasteiger partial charge is 0.217 e. The minimum absolute atomic E-state index is 0.538. The first kappa shape index (κ1) is 25.0. The Morgan fingerprint density at radius 2 is 0.867 bits per heavy atom. The molecular weight excluding hydrogens is 473 g/mol. The molecule has 30 heavy (non-hydrogen) atoms. The van der Waals surface area contributed by atoms with Crippen molar-refractivity contribution in [1.29, 1.82) is 0 Å². The summed E-state index contributed by atoms with van der Waals surface area (Å²) in [6.45, 7) is 29.7. The standard InChI is InChI=1S/C22H42O2S2Si4/c1-27(2,3)17-15-13-26-20-18(28(4,5)6)16(22(24-20)30(10,11)12)14-25-19(17)23-21(15)29(7,8)9/h17-18H,13-14H2,1-12H3/q+2. The van der Waals surface area contributed by atoms with Gasteiger partial charge in [0.05, 0.1) is 16.1 Å². The summed E-state index contributed by atoms with van der Waals surface area (Å²) < 4.78 is 13.6. The van der Waals surface area contributed by atoms with Crippen LogP contribution in [-0.2, 0) is 8.85 Å². The van der Waals surface area contributed by atoms with Gasteiger partial charge in [0.1, 0.15) is 11.1 Å². The van der Waals surface area contributed by atoms with Gasteiger partial charge in [0.15, 0.2) is 0 Å². The van der Waals surface area contributed by atoms with E-state index in [1.54, 1.807) is 11.1 Å². The summed E-state index contributed by atoms with van der Waals surface area (Å²) in [5.41, 5.74) is 4.29. The minimum atomic E-state index is -1.54. The molecule has 4 bridgehead atoms. The minimum Gasteiger partial charge on any atom is -0.217 e. The van der Waals surface area contributed by atoms with Gasteiger partial charge in [-0.3, -0.25) is 0 Å². The van der Waals surface area contributed by atoms with Crippen molar-refractivity contribution < 1.29 is 8.85 Å². The molecule has 168 valence electrons. The van der Waals surface area contributed by atoms with E-state index in [0.717, 1.165) is 11.5 Å². The molecule has 0 saturated carbocycles. The van der Waals surface area contributed by atoms with Gasteiger partial charge in [-0.15, -0.1) is 0 Å². The molecule has 0 aromatic rings. The predicted octanol–water partition coefficient (Wildman–Crippen LogP) is 7.30. The molecule has 8 heteroatoms. The predicted molar refractivity (Wildman–Crippen MR) is 150 cm³/mol. The first-order valence-corrected chi connectivity index (χ1v) is 27.4. The summed E-state index contributed by atoms with van der Waals surface area (Å²) in [6.07, 6.45) is 0. The zero-order chi connectivity index (χ0) is 22.9. The van der Waals surface area contributed by atoms with Crippen LogP contribution in [0.5, 0.6) is 0 Å². The van der Waals surface area contributed by atoms with Crippen molar-refractivity contribution in [3.05, 3.63) is 21.9 Å². The Hall–Kier alpha value is 0.388. The largest absolute Gasteiger partial charge is 0.367 e. The van der Waals surface area contributed by atoms with Crippen molar-refractivity contribution in [2.24, 2.45) is 0 Å². The van der Waals surface area contributed by atoms with E-state index in [2.05, 4.69) is 78.6 Å². The van der Waals surface area contributed by atoms with Crippen LogP contribution in [0.1, 0.15) is 0 Å². The number of thioether (sulfide) groups is 2. The Bertz CT molecular complexity index is 788. The van der Waals surface area contributed by atoms with Crippen molar-refractivity contribution in [2.45, 2.75) is 89.6 Å². The molecular formula is C22H42O2S2Si4+2. The zero-order valence-electron chi connectivity index (χ0n) is 21.2. The maximum absolute atomic E-state index is 6.80. The molecule has 0 aromatic carbocycles. The van der Waals surface area contributed by atoms with E-state index < -0.39 is 32.3 Å². The van der Waals surface area contributed by atoms with Crippen LogP contribution in [0.4, 0.5) is 0 Å². The van der Waals surface area contributed by atoms with Gasteiger partial charge in [-0.1, -0.05) is 78.6 Å². The number of rotatable bonds is 4. The Morgan fingerprint density at radius 3 is 1.10 bits per heavy atom. The highest BCUT2D eigenvalue weighted by Gasteiger charge is 2.57. The molecule has 0 aromatic heterocycles. The molecule has 2 unspecified atom stereocenters. The highest BCUT2D eigenvalue weighted by molar-refractivity contribution is 8.15. The van der Waals surface area contributed by atoms with Crippen LogP contribution in [-0.4, -0.2) is 54.0 Å². The van der Waals surface area contributed by atoms with Crippen molar-refractivity contribution >= 4 is 66.0 Å². The van der Waals surface area contributed by atoms with Gasteiger partial charge in [0.25, 0.3) is 10.8 Å². The second kappa shape index (κ2) is 8.01. The number of carbonyl (C=O) groups excluding carboxylic acids is 2. The lowest BCUT2D eigenvalue weighted by molar-refractivity contribution is -0.379. The SMILES string of the molecule is C[Si](C)(C)C1=C2CSC3=[O+]C([Si](C)(C)C)=C(CSC(=[O+]1)C2[Si](C)(C)C)C3[Si](C)(C)C. The molecule has 3 aliphatic heterocycles. The average Bonchev–Trinajstić information content (AvgIpc) is 3.05. The van der Waals surface area contributed by atoms with E-state index in [4.69, 9.17) is 8.85 Å². The van der Waals surface area contributed by atoms with Crippen molar-refractivity contribution in [3.8, 4) is 0 Å².